The Bertz CT molecular complexity index is 830. The summed E-state index contributed by atoms with van der Waals surface area (Å²) in [6.07, 6.45) is 1.11. The largest absolute Gasteiger partial charge is 0.331 e. The summed E-state index contributed by atoms with van der Waals surface area (Å²) in [6.45, 7) is 3.34. The van der Waals surface area contributed by atoms with Crippen molar-refractivity contribution in [3.63, 3.8) is 0 Å². The van der Waals surface area contributed by atoms with Crippen LogP contribution in [0, 0.1) is 0 Å². The molecule has 0 atom stereocenters. The lowest BCUT2D eigenvalue weighted by molar-refractivity contribution is -0.901. The molecule has 0 N–H and O–H groups in total. The van der Waals surface area contributed by atoms with Gasteiger partial charge in [-0.25, -0.2) is 0 Å². The smallest absolute Gasteiger partial charge is 0.261 e. The normalized spacial score (nSPS) is 14.9. The second-order valence-electron chi connectivity index (χ2n) is 9.22. The van der Waals surface area contributed by atoms with Gasteiger partial charge >= 0.3 is 0 Å². The Labute approximate surface area is 162 Å². The quantitative estimate of drug-likeness (QED) is 0.556. The number of carbonyl (C=O) groups is 2. The Morgan fingerprint density at radius 3 is 1.85 bits per heavy atom. The van der Waals surface area contributed by atoms with Crippen molar-refractivity contribution in [2.24, 2.45) is 0 Å². The highest BCUT2D eigenvalue weighted by Gasteiger charge is 2.33. The third-order valence-electron chi connectivity index (χ3n) is 5.38. The number of likely N-dealkylation sites (N-methyl/N-ethyl adjacent to an activating group) is 1. The van der Waals surface area contributed by atoms with Crippen LogP contribution in [0.15, 0.2) is 36.4 Å². The molecule has 0 saturated carbocycles. The van der Waals surface area contributed by atoms with Crippen molar-refractivity contribution in [3.05, 3.63) is 47.5 Å². The van der Waals surface area contributed by atoms with Crippen molar-refractivity contribution in [3.8, 4) is 0 Å². The second-order valence-corrected chi connectivity index (χ2v) is 9.22. The van der Waals surface area contributed by atoms with Gasteiger partial charge in [0.2, 0.25) is 0 Å². The molecule has 1 aliphatic heterocycles. The van der Waals surface area contributed by atoms with Crippen molar-refractivity contribution in [1.29, 1.82) is 0 Å². The highest BCUT2D eigenvalue weighted by molar-refractivity contribution is 6.25. The summed E-state index contributed by atoms with van der Waals surface area (Å²) in [6, 6.07) is 11.3. The minimum absolute atomic E-state index is 0.171. The van der Waals surface area contributed by atoms with Crippen LogP contribution in [-0.2, 0) is 0 Å². The van der Waals surface area contributed by atoms with E-state index < -0.39 is 0 Å². The Balaban J connectivity index is 1.73. The number of benzene rings is 2. The first-order valence-corrected chi connectivity index (χ1v) is 9.59. The van der Waals surface area contributed by atoms with Gasteiger partial charge in [-0.05, 0) is 17.5 Å². The van der Waals surface area contributed by atoms with Gasteiger partial charge in [0.15, 0.2) is 0 Å². The van der Waals surface area contributed by atoms with Gasteiger partial charge in [-0.3, -0.25) is 14.5 Å². The van der Waals surface area contributed by atoms with Crippen LogP contribution >= 0.6 is 0 Å². The third kappa shape index (κ3) is 4.20. The number of imide groups is 1. The summed E-state index contributed by atoms with van der Waals surface area (Å²) in [5.74, 6) is -0.341. The van der Waals surface area contributed by atoms with E-state index in [4.69, 9.17) is 0 Å². The Morgan fingerprint density at radius 2 is 1.33 bits per heavy atom. The van der Waals surface area contributed by atoms with Gasteiger partial charge in [-0.15, -0.1) is 0 Å². The maximum absolute atomic E-state index is 13.0. The molecule has 0 saturated heterocycles. The molecule has 2 aromatic carbocycles. The molecule has 0 unspecified atom stereocenters. The fourth-order valence-electron chi connectivity index (χ4n) is 3.74. The van der Waals surface area contributed by atoms with Crippen molar-refractivity contribution in [1.82, 2.24) is 4.90 Å². The van der Waals surface area contributed by atoms with Gasteiger partial charge in [0.25, 0.3) is 11.8 Å². The summed E-state index contributed by atoms with van der Waals surface area (Å²) >= 11 is 0. The Morgan fingerprint density at radius 1 is 0.778 bits per heavy atom. The highest BCUT2D eigenvalue weighted by atomic mass is 16.2. The van der Waals surface area contributed by atoms with E-state index in [0.29, 0.717) is 17.7 Å². The van der Waals surface area contributed by atoms with Crippen LogP contribution < -0.4 is 0 Å². The molecule has 0 spiro atoms. The van der Waals surface area contributed by atoms with Crippen LogP contribution in [0.1, 0.15) is 27.1 Å². The lowest BCUT2D eigenvalue weighted by Gasteiger charge is -2.34. The number of rotatable bonds is 7. The van der Waals surface area contributed by atoms with Crippen LogP contribution in [-0.4, -0.2) is 87.1 Å². The van der Waals surface area contributed by atoms with Crippen molar-refractivity contribution >= 4 is 22.6 Å². The number of quaternary nitrogens is 2. The van der Waals surface area contributed by atoms with E-state index in [1.807, 2.05) is 36.4 Å². The number of amides is 2. The second kappa shape index (κ2) is 7.06. The number of nitrogens with zero attached hydrogens (tertiary/aromatic N) is 3. The van der Waals surface area contributed by atoms with E-state index in [1.54, 1.807) is 0 Å². The zero-order valence-corrected chi connectivity index (χ0v) is 17.2. The Kier molecular flexibility index (Phi) is 5.10. The monoisotopic (exact) mass is 369 g/mol. The molecule has 0 aliphatic carbocycles. The molecule has 3 rings (SSSR count). The van der Waals surface area contributed by atoms with Crippen molar-refractivity contribution in [2.45, 2.75) is 6.42 Å². The van der Waals surface area contributed by atoms with Gasteiger partial charge in [0.05, 0.1) is 61.4 Å². The molecule has 2 amide bonds. The van der Waals surface area contributed by atoms with E-state index >= 15 is 0 Å². The zero-order valence-electron chi connectivity index (χ0n) is 17.2. The molecule has 5 heteroatoms. The summed E-state index contributed by atoms with van der Waals surface area (Å²) in [7, 11) is 10.9. The average Bonchev–Trinajstić information content (AvgIpc) is 2.58. The molecular weight excluding hydrogens is 338 g/mol. The van der Waals surface area contributed by atoms with Crippen molar-refractivity contribution < 1.29 is 18.6 Å². The minimum Gasteiger partial charge on any atom is -0.331 e. The molecule has 27 heavy (non-hydrogen) atoms. The average molecular weight is 370 g/mol. The Hall–Kier alpha value is -2.24. The lowest BCUT2D eigenvalue weighted by atomic mass is 9.94. The van der Waals surface area contributed by atoms with Crippen LogP contribution in [0.25, 0.3) is 10.8 Å². The van der Waals surface area contributed by atoms with Gasteiger partial charge in [0.1, 0.15) is 0 Å². The van der Waals surface area contributed by atoms with Gasteiger partial charge in [-0.1, -0.05) is 24.3 Å². The fourth-order valence-corrected chi connectivity index (χ4v) is 3.74. The predicted molar refractivity (Wildman–Crippen MR) is 109 cm³/mol. The van der Waals surface area contributed by atoms with Gasteiger partial charge in [-0.2, -0.15) is 0 Å². The maximum atomic E-state index is 13.0. The fraction of sp³-hybridized carbons (Fsp3) is 0.455. The number of hydrogen-bond donors (Lipinski definition) is 0. The molecule has 0 aromatic heterocycles. The highest BCUT2D eigenvalue weighted by Crippen LogP contribution is 2.29. The number of carbonyl (C=O) groups excluding carboxylic acids is 2. The summed E-state index contributed by atoms with van der Waals surface area (Å²) in [5, 5.41) is 1.74. The molecule has 1 heterocycles. The molecule has 2 aromatic rings. The van der Waals surface area contributed by atoms with Crippen LogP contribution in [0.3, 0.4) is 0 Å². The molecule has 0 fully saturated rings. The standard InChI is InChI=1S/C22H31N3O2/c1-24(2,3)14-8-15-25(4,5)16-13-23-21(26)18-11-6-9-17-10-7-12-19(20(17)18)22(23)27/h6-7,9-12H,8,13-16H2,1-5H3/q+2. The van der Waals surface area contributed by atoms with Gasteiger partial charge < -0.3 is 8.97 Å². The number of hydrogen-bond acceptors (Lipinski definition) is 2. The predicted octanol–water partition coefficient (Wildman–Crippen LogP) is 2.61. The van der Waals surface area contributed by atoms with Gasteiger partial charge in [0, 0.05) is 22.9 Å². The first-order chi connectivity index (χ1) is 12.6. The molecule has 0 bridgehead atoms. The van der Waals surface area contributed by atoms with E-state index in [-0.39, 0.29) is 11.8 Å². The van der Waals surface area contributed by atoms with Crippen LogP contribution in [0.4, 0.5) is 0 Å². The zero-order chi connectivity index (χ0) is 19.8. The molecule has 1 aliphatic rings. The molecule has 0 radical (unpaired) electrons. The summed E-state index contributed by atoms with van der Waals surface area (Å²) in [5.41, 5.74) is 1.27. The lowest BCUT2D eigenvalue weighted by Crippen LogP contribution is -2.50. The van der Waals surface area contributed by atoms with Crippen LogP contribution in [0.5, 0.6) is 0 Å². The van der Waals surface area contributed by atoms with E-state index in [0.717, 1.165) is 45.8 Å². The van der Waals surface area contributed by atoms with E-state index in [2.05, 4.69) is 35.2 Å². The first-order valence-electron chi connectivity index (χ1n) is 9.59. The summed E-state index contributed by atoms with van der Waals surface area (Å²) < 4.78 is 1.74. The molecular formula is C22H31N3O2+2. The van der Waals surface area contributed by atoms with Crippen molar-refractivity contribution in [2.75, 3.05) is 61.4 Å². The molecule has 5 nitrogen and oxygen atoms in total. The minimum atomic E-state index is -0.171. The third-order valence-corrected chi connectivity index (χ3v) is 5.38. The molecule has 144 valence electrons. The van der Waals surface area contributed by atoms with E-state index in [9.17, 15) is 9.59 Å². The van der Waals surface area contributed by atoms with Crippen LogP contribution in [0.2, 0.25) is 0 Å². The topological polar surface area (TPSA) is 37.4 Å². The summed E-state index contributed by atoms with van der Waals surface area (Å²) in [4.78, 5) is 27.4. The van der Waals surface area contributed by atoms with E-state index in [1.165, 1.54) is 4.90 Å². The SMILES string of the molecule is C[N+](C)(C)CCC[N+](C)(C)CCN1C(=O)c2cccc3cccc(c23)C1=O. The maximum Gasteiger partial charge on any atom is 0.261 e. The first kappa shape index (κ1) is 19.5.